The summed E-state index contributed by atoms with van der Waals surface area (Å²) in [5.74, 6) is 2.02. The summed E-state index contributed by atoms with van der Waals surface area (Å²) < 4.78 is 1.72. The molecule has 0 unspecified atom stereocenters. The summed E-state index contributed by atoms with van der Waals surface area (Å²) >= 11 is 5.95. The fourth-order valence-electron chi connectivity index (χ4n) is 2.66. The molecule has 0 radical (unpaired) electrons. The second kappa shape index (κ2) is 6.18. The molecule has 6 heteroatoms. The van der Waals surface area contributed by atoms with Crippen LogP contribution in [0.2, 0.25) is 5.02 Å². The molecule has 0 aliphatic carbocycles. The van der Waals surface area contributed by atoms with Crippen molar-refractivity contribution in [1.29, 1.82) is 0 Å². The van der Waals surface area contributed by atoms with E-state index in [1.165, 1.54) is 5.56 Å². The first-order valence-electron chi connectivity index (χ1n) is 7.92. The molecule has 0 saturated heterocycles. The summed E-state index contributed by atoms with van der Waals surface area (Å²) in [4.78, 5) is 9.07. The van der Waals surface area contributed by atoms with Crippen molar-refractivity contribution in [1.82, 2.24) is 19.6 Å². The SMILES string of the molecule is Cc1cccc(-c2nc3nc(C)cc(Nc4ccc(Cl)cc4)n3n2)c1. The Hall–Kier alpha value is -2.92. The third-order valence-electron chi connectivity index (χ3n) is 3.83. The summed E-state index contributed by atoms with van der Waals surface area (Å²) in [6.07, 6.45) is 0. The lowest BCUT2D eigenvalue weighted by Crippen LogP contribution is -2.02. The van der Waals surface area contributed by atoms with Crippen molar-refractivity contribution in [2.45, 2.75) is 13.8 Å². The highest BCUT2D eigenvalue weighted by molar-refractivity contribution is 6.30. The zero-order chi connectivity index (χ0) is 17.4. The zero-order valence-corrected chi connectivity index (χ0v) is 14.6. The summed E-state index contributed by atoms with van der Waals surface area (Å²) in [5, 5.41) is 8.68. The van der Waals surface area contributed by atoms with E-state index in [1.807, 2.05) is 49.4 Å². The molecular weight excluding hydrogens is 334 g/mol. The molecule has 0 aliphatic heterocycles. The Morgan fingerprint density at radius 1 is 0.960 bits per heavy atom. The van der Waals surface area contributed by atoms with E-state index in [0.717, 1.165) is 22.8 Å². The van der Waals surface area contributed by atoms with Crippen molar-refractivity contribution in [2.75, 3.05) is 5.32 Å². The first-order chi connectivity index (χ1) is 12.1. The van der Waals surface area contributed by atoms with Crippen LogP contribution in [0.25, 0.3) is 17.2 Å². The zero-order valence-electron chi connectivity index (χ0n) is 13.9. The average molecular weight is 350 g/mol. The second-order valence-corrected chi connectivity index (χ2v) is 6.37. The number of anilines is 2. The van der Waals surface area contributed by atoms with E-state index in [-0.39, 0.29) is 0 Å². The monoisotopic (exact) mass is 349 g/mol. The highest BCUT2D eigenvalue weighted by Gasteiger charge is 2.12. The highest BCUT2D eigenvalue weighted by atomic mass is 35.5. The van der Waals surface area contributed by atoms with Crippen molar-refractivity contribution in [3.63, 3.8) is 0 Å². The molecule has 0 aliphatic rings. The van der Waals surface area contributed by atoms with Gasteiger partial charge in [0.25, 0.3) is 5.78 Å². The number of hydrogen-bond acceptors (Lipinski definition) is 4. The Morgan fingerprint density at radius 3 is 2.52 bits per heavy atom. The molecule has 0 fully saturated rings. The number of benzene rings is 2. The fraction of sp³-hybridized carbons (Fsp3) is 0.105. The Labute approximate surface area is 150 Å². The summed E-state index contributed by atoms with van der Waals surface area (Å²) in [5.41, 5.74) is 3.93. The van der Waals surface area contributed by atoms with Gasteiger partial charge in [-0.1, -0.05) is 35.4 Å². The van der Waals surface area contributed by atoms with Crippen LogP contribution in [-0.2, 0) is 0 Å². The summed E-state index contributed by atoms with van der Waals surface area (Å²) in [6, 6.07) is 17.6. The van der Waals surface area contributed by atoms with Crippen LogP contribution in [0.3, 0.4) is 0 Å². The van der Waals surface area contributed by atoms with Crippen LogP contribution in [-0.4, -0.2) is 19.6 Å². The first kappa shape index (κ1) is 15.6. The number of nitrogens with one attached hydrogen (secondary N) is 1. The van der Waals surface area contributed by atoms with Gasteiger partial charge in [0.15, 0.2) is 5.82 Å². The number of halogens is 1. The first-order valence-corrected chi connectivity index (χ1v) is 8.30. The van der Waals surface area contributed by atoms with Gasteiger partial charge in [-0.3, -0.25) is 0 Å². The minimum absolute atomic E-state index is 0.563. The molecule has 25 heavy (non-hydrogen) atoms. The molecule has 2 aromatic carbocycles. The predicted octanol–water partition coefficient (Wildman–Crippen LogP) is 4.81. The van der Waals surface area contributed by atoms with Gasteiger partial charge in [-0.15, -0.1) is 5.10 Å². The minimum Gasteiger partial charge on any atom is -0.340 e. The second-order valence-electron chi connectivity index (χ2n) is 5.93. The van der Waals surface area contributed by atoms with Crippen LogP contribution in [0.1, 0.15) is 11.3 Å². The van der Waals surface area contributed by atoms with E-state index < -0.39 is 0 Å². The van der Waals surface area contributed by atoms with Gasteiger partial charge in [0.05, 0.1) is 0 Å². The summed E-state index contributed by atoms with van der Waals surface area (Å²) in [6.45, 7) is 3.99. The lowest BCUT2D eigenvalue weighted by Gasteiger charge is -2.08. The molecular formula is C19H16ClN5. The molecule has 0 bridgehead atoms. The van der Waals surface area contributed by atoms with Gasteiger partial charge in [-0.25, -0.2) is 4.98 Å². The van der Waals surface area contributed by atoms with E-state index >= 15 is 0 Å². The molecule has 4 aromatic rings. The molecule has 2 heterocycles. The number of aromatic nitrogens is 4. The maximum atomic E-state index is 5.95. The van der Waals surface area contributed by atoms with Gasteiger partial charge in [-0.05, 0) is 44.2 Å². The van der Waals surface area contributed by atoms with Gasteiger partial charge in [0.2, 0.25) is 0 Å². The van der Waals surface area contributed by atoms with Crippen molar-refractivity contribution < 1.29 is 0 Å². The molecule has 1 N–H and O–H groups in total. The van der Waals surface area contributed by atoms with Crippen LogP contribution >= 0.6 is 11.6 Å². The Balaban J connectivity index is 1.80. The molecule has 0 atom stereocenters. The van der Waals surface area contributed by atoms with E-state index in [2.05, 4.69) is 39.4 Å². The minimum atomic E-state index is 0.563. The fourth-order valence-corrected chi connectivity index (χ4v) is 2.79. The van der Waals surface area contributed by atoms with E-state index in [1.54, 1.807) is 4.52 Å². The lowest BCUT2D eigenvalue weighted by molar-refractivity contribution is 0.940. The number of hydrogen-bond donors (Lipinski definition) is 1. The molecule has 124 valence electrons. The van der Waals surface area contributed by atoms with Gasteiger partial charge in [-0.2, -0.15) is 9.50 Å². The van der Waals surface area contributed by atoms with Crippen molar-refractivity contribution in [3.05, 3.63) is 70.9 Å². The molecule has 5 nitrogen and oxygen atoms in total. The molecule has 0 saturated carbocycles. The van der Waals surface area contributed by atoms with Crippen LogP contribution in [0.15, 0.2) is 54.6 Å². The number of nitrogens with zero attached hydrogens (tertiary/aromatic N) is 4. The Bertz CT molecular complexity index is 1050. The van der Waals surface area contributed by atoms with Crippen LogP contribution in [0, 0.1) is 13.8 Å². The van der Waals surface area contributed by atoms with Crippen LogP contribution in [0.5, 0.6) is 0 Å². The normalized spacial score (nSPS) is 11.0. The number of rotatable bonds is 3. The van der Waals surface area contributed by atoms with E-state index in [9.17, 15) is 0 Å². The van der Waals surface area contributed by atoms with Crippen molar-refractivity contribution >= 4 is 28.9 Å². The predicted molar refractivity (Wildman–Crippen MR) is 100 cm³/mol. The topological polar surface area (TPSA) is 55.1 Å². The van der Waals surface area contributed by atoms with Gasteiger partial charge in [0.1, 0.15) is 5.82 Å². The highest BCUT2D eigenvalue weighted by Crippen LogP contribution is 2.22. The largest absolute Gasteiger partial charge is 0.340 e. The molecule has 4 rings (SSSR count). The van der Waals surface area contributed by atoms with E-state index in [0.29, 0.717) is 16.6 Å². The van der Waals surface area contributed by atoms with E-state index in [4.69, 9.17) is 11.6 Å². The molecule has 0 amide bonds. The standard InChI is InChI=1S/C19H16ClN5/c1-12-4-3-5-14(10-12)18-23-19-21-13(2)11-17(25(19)24-18)22-16-8-6-15(20)7-9-16/h3-11,22H,1-2H3. The quantitative estimate of drug-likeness (QED) is 0.577. The number of fused-ring (bicyclic) bond motifs is 1. The van der Waals surface area contributed by atoms with Gasteiger partial charge in [0, 0.05) is 28.0 Å². The Morgan fingerprint density at radius 2 is 1.76 bits per heavy atom. The third-order valence-corrected chi connectivity index (χ3v) is 4.09. The molecule has 0 spiro atoms. The van der Waals surface area contributed by atoms with Crippen LogP contribution in [0.4, 0.5) is 11.5 Å². The maximum Gasteiger partial charge on any atom is 0.254 e. The van der Waals surface area contributed by atoms with Crippen molar-refractivity contribution in [2.24, 2.45) is 0 Å². The van der Waals surface area contributed by atoms with Gasteiger partial charge < -0.3 is 5.32 Å². The average Bonchev–Trinajstić information content (AvgIpc) is 3.01. The lowest BCUT2D eigenvalue weighted by atomic mass is 10.1. The molecule has 2 aromatic heterocycles. The smallest absolute Gasteiger partial charge is 0.254 e. The van der Waals surface area contributed by atoms with Crippen molar-refractivity contribution in [3.8, 4) is 11.4 Å². The third kappa shape index (κ3) is 3.19. The maximum absolute atomic E-state index is 5.95. The van der Waals surface area contributed by atoms with Gasteiger partial charge >= 0.3 is 0 Å². The van der Waals surface area contributed by atoms with Crippen LogP contribution < -0.4 is 5.32 Å². The number of aryl methyl sites for hydroxylation is 2. The summed E-state index contributed by atoms with van der Waals surface area (Å²) in [7, 11) is 0. The Kier molecular flexibility index (Phi) is 3.86.